The lowest BCUT2D eigenvalue weighted by molar-refractivity contribution is 0.598. The van der Waals surface area contributed by atoms with E-state index in [-0.39, 0.29) is 0 Å². The van der Waals surface area contributed by atoms with Crippen LogP contribution >= 0.6 is 22.9 Å². The van der Waals surface area contributed by atoms with E-state index in [0.717, 1.165) is 13.0 Å². The summed E-state index contributed by atoms with van der Waals surface area (Å²) >= 11 is 7.86. The zero-order chi connectivity index (χ0) is 15.5. The van der Waals surface area contributed by atoms with Gasteiger partial charge in [-0.05, 0) is 35.6 Å². The molecule has 0 aliphatic carbocycles. The second-order valence-electron chi connectivity index (χ2n) is 4.81. The lowest BCUT2D eigenvalue weighted by atomic mass is 10.2. The van der Waals surface area contributed by atoms with Crippen LogP contribution in [-0.4, -0.2) is 14.7 Å². The minimum Gasteiger partial charge on any atom is -0.308 e. The summed E-state index contributed by atoms with van der Waals surface area (Å²) in [6, 6.07) is 7.10. The van der Waals surface area contributed by atoms with Crippen LogP contribution in [0.15, 0.2) is 34.5 Å². The van der Waals surface area contributed by atoms with Gasteiger partial charge in [-0.15, -0.1) is 11.3 Å². The average molecular weight is 344 g/mol. The van der Waals surface area contributed by atoms with Crippen LogP contribution in [0.5, 0.6) is 0 Å². The van der Waals surface area contributed by atoms with Gasteiger partial charge in [0.2, 0.25) is 0 Å². The van der Waals surface area contributed by atoms with E-state index in [9.17, 15) is 8.42 Å². The molecule has 0 aliphatic heterocycles. The molecule has 0 unspecified atom stereocenters. The molecule has 1 aromatic carbocycles. The summed E-state index contributed by atoms with van der Waals surface area (Å²) in [5.74, 6) is 0. The third-order valence-electron chi connectivity index (χ3n) is 3.28. The predicted molar refractivity (Wildman–Crippen MR) is 88.8 cm³/mol. The number of nitrogens with one attached hydrogen (secondary N) is 1. The normalized spacial score (nSPS) is 11.8. The van der Waals surface area contributed by atoms with Gasteiger partial charge in [0.1, 0.15) is 0 Å². The minimum absolute atomic E-state index is 0.296. The van der Waals surface area contributed by atoms with E-state index in [1.54, 1.807) is 29.5 Å². The molecule has 6 heteroatoms. The molecule has 1 N–H and O–H groups in total. The molecule has 2 aromatic rings. The lowest BCUT2D eigenvalue weighted by Crippen LogP contribution is -2.15. The quantitative estimate of drug-likeness (QED) is 0.870. The van der Waals surface area contributed by atoms with Crippen LogP contribution in [0.4, 0.5) is 0 Å². The molecule has 0 radical (unpaired) electrons. The van der Waals surface area contributed by atoms with Crippen molar-refractivity contribution in [2.75, 3.05) is 6.26 Å². The van der Waals surface area contributed by atoms with E-state index in [0.29, 0.717) is 22.0 Å². The van der Waals surface area contributed by atoms with Gasteiger partial charge in [-0.25, -0.2) is 8.42 Å². The van der Waals surface area contributed by atoms with Crippen molar-refractivity contribution < 1.29 is 8.42 Å². The average Bonchev–Trinajstić information content (AvgIpc) is 2.86. The van der Waals surface area contributed by atoms with Gasteiger partial charge in [-0.2, -0.15) is 0 Å². The summed E-state index contributed by atoms with van der Waals surface area (Å²) in [4.78, 5) is 1.58. The van der Waals surface area contributed by atoms with Gasteiger partial charge in [-0.1, -0.05) is 24.6 Å². The van der Waals surface area contributed by atoms with Gasteiger partial charge in [0.05, 0.1) is 4.90 Å². The predicted octanol–water partition coefficient (Wildman–Crippen LogP) is 3.66. The van der Waals surface area contributed by atoms with Gasteiger partial charge < -0.3 is 5.32 Å². The Morgan fingerprint density at radius 2 is 2.00 bits per heavy atom. The number of aryl methyl sites for hydroxylation is 1. The summed E-state index contributed by atoms with van der Waals surface area (Å²) in [7, 11) is -3.27. The minimum atomic E-state index is -3.27. The topological polar surface area (TPSA) is 46.2 Å². The molecule has 0 atom stereocenters. The number of benzene rings is 1. The lowest BCUT2D eigenvalue weighted by Gasteiger charge is -2.11. The fourth-order valence-corrected chi connectivity index (χ4v) is 4.39. The standard InChI is InChI=1S/C15H18ClNO2S2/c1-3-11-7-8-20-14(11)10-17-9-12-13(16)5-4-6-15(12)21(2,18)19/h4-8,17H,3,9-10H2,1-2H3. The van der Waals surface area contributed by atoms with Crippen LogP contribution in [0, 0.1) is 0 Å². The van der Waals surface area contributed by atoms with Gasteiger partial charge in [0.15, 0.2) is 9.84 Å². The Balaban J connectivity index is 2.14. The van der Waals surface area contributed by atoms with Crippen LogP contribution in [0.3, 0.4) is 0 Å². The molecule has 2 rings (SSSR count). The van der Waals surface area contributed by atoms with E-state index < -0.39 is 9.84 Å². The first-order chi connectivity index (χ1) is 9.93. The fraction of sp³-hybridized carbons (Fsp3) is 0.333. The Hall–Kier alpha value is -0.880. The first-order valence-corrected chi connectivity index (χ1v) is 9.81. The van der Waals surface area contributed by atoms with E-state index in [1.165, 1.54) is 16.7 Å². The number of hydrogen-bond donors (Lipinski definition) is 1. The van der Waals surface area contributed by atoms with Crippen molar-refractivity contribution in [1.29, 1.82) is 0 Å². The first-order valence-electron chi connectivity index (χ1n) is 6.67. The van der Waals surface area contributed by atoms with Crippen LogP contribution < -0.4 is 5.32 Å². The van der Waals surface area contributed by atoms with Crippen LogP contribution in [0.2, 0.25) is 5.02 Å². The Kier molecular flexibility index (Phi) is 5.43. The number of rotatable bonds is 6. The molecule has 0 saturated carbocycles. The van der Waals surface area contributed by atoms with Crippen molar-refractivity contribution in [1.82, 2.24) is 5.32 Å². The van der Waals surface area contributed by atoms with Gasteiger partial charge >= 0.3 is 0 Å². The zero-order valence-corrected chi connectivity index (χ0v) is 14.4. The molecule has 0 spiro atoms. The van der Waals surface area contributed by atoms with E-state index in [4.69, 9.17) is 11.6 Å². The Bertz CT molecular complexity index is 723. The molecule has 0 aliphatic rings. The number of halogens is 1. The molecule has 114 valence electrons. The number of sulfone groups is 1. The fourth-order valence-electron chi connectivity index (χ4n) is 2.20. The third kappa shape index (κ3) is 4.07. The van der Waals surface area contributed by atoms with Crippen LogP contribution in [0.1, 0.15) is 22.9 Å². The van der Waals surface area contributed by atoms with Crippen molar-refractivity contribution in [3.8, 4) is 0 Å². The Labute approximate surface area is 134 Å². The van der Waals surface area contributed by atoms with Crippen molar-refractivity contribution in [2.45, 2.75) is 31.3 Å². The smallest absolute Gasteiger partial charge is 0.175 e. The second kappa shape index (κ2) is 6.92. The van der Waals surface area contributed by atoms with Gasteiger partial charge in [0, 0.05) is 34.8 Å². The van der Waals surface area contributed by atoms with Crippen molar-refractivity contribution in [3.63, 3.8) is 0 Å². The van der Waals surface area contributed by atoms with E-state index >= 15 is 0 Å². The molecule has 0 fully saturated rings. The Morgan fingerprint density at radius 1 is 1.24 bits per heavy atom. The second-order valence-corrected chi connectivity index (χ2v) is 8.21. The van der Waals surface area contributed by atoms with E-state index in [1.807, 2.05) is 0 Å². The molecule has 21 heavy (non-hydrogen) atoms. The van der Waals surface area contributed by atoms with Crippen LogP contribution in [-0.2, 0) is 29.3 Å². The molecular formula is C15H18ClNO2S2. The molecule has 0 amide bonds. The maximum absolute atomic E-state index is 11.8. The maximum Gasteiger partial charge on any atom is 0.175 e. The third-order valence-corrected chi connectivity index (χ3v) is 5.78. The highest BCUT2D eigenvalue weighted by Gasteiger charge is 2.15. The van der Waals surface area contributed by atoms with Gasteiger partial charge in [-0.3, -0.25) is 0 Å². The highest BCUT2D eigenvalue weighted by Crippen LogP contribution is 2.24. The molecule has 1 heterocycles. The summed E-state index contributed by atoms with van der Waals surface area (Å²) < 4.78 is 23.6. The van der Waals surface area contributed by atoms with Crippen LogP contribution in [0.25, 0.3) is 0 Å². The molecular weight excluding hydrogens is 326 g/mol. The SMILES string of the molecule is CCc1ccsc1CNCc1c(Cl)cccc1S(C)(=O)=O. The monoisotopic (exact) mass is 343 g/mol. The summed E-state index contributed by atoms with van der Waals surface area (Å²) in [5.41, 5.74) is 1.96. The summed E-state index contributed by atoms with van der Waals surface area (Å²) in [5, 5.41) is 5.85. The summed E-state index contributed by atoms with van der Waals surface area (Å²) in [6.45, 7) is 3.28. The highest BCUT2D eigenvalue weighted by atomic mass is 35.5. The zero-order valence-electron chi connectivity index (χ0n) is 12.0. The van der Waals surface area contributed by atoms with Gasteiger partial charge in [0.25, 0.3) is 0 Å². The molecule has 0 saturated heterocycles. The van der Waals surface area contributed by atoms with Crippen molar-refractivity contribution in [3.05, 3.63) is 50.7 Å². The van der Waals surface area contributed by atoms with E-state index in [2.05, 4.69) is 23.7 Å². The maximum atomic E-state index is 11.8. The summed E-state index contributed by atoms with van der Waals surface area (Å²) in [6.07, 6.45) is 2.21. The van der Waals surface area contributed by atoms with Crippen molar-refractivity contribution >= 4 is 32.8 Å². The number of thiophene rings is 1. The largest absolute Gasteiger partial charge is 0.308 e. The molecule has 3 nitrogen and oxygen atoms in total. The molecule has 1 aromatic heterocycles. The highest BCUT2D eigenvalue weighted by molar-refractivity contribution is 7.90. The molecule has 0 bridgehead atoms. The first kappa shape index (κ1) is 16.5. The van der Waals surface area contributed by atoms with Crippen molar-refractivity contribution in [2.24, 2.45) is 0 Å². The number of hydrogen-bond acceptors (Lipinski definition) is 4. The Morgan fingerprint density at radius 3 is 2.67 bits per heavy atom.